The van der Waals surface area contributed by atoms with Gasteiger partial charge in [0.1, 0.15) is 6.04 Å². The van der Waals surface area contributed by atoms with E-state index in [4.69, 9.17) is 11.6 Å². The molecule has 156 valence electrons. The number of amides is 1. The van der Waals surface area contributed by atoms with E-state index in [1.807, 2.05) is 30.3 Å². The van der Waals surface area contributed by atoms with Crippen LogP contribution in [-0.2, 0) is 11.0 Å². The molecule has 0 heterocycles. The lowest BCUT2D eigenvalue weighted by Gasteiger charge is -2.33. The molecular weight excluding hydrogens is 401 g/mol. The summed E-state index contributed by atoms with van der Waals surface area (Å²) in [6.45, 7) is 2.16. The van der Waals surface area contributed by atoms with Crippen LogP contribution in [0.25, 0.3) is 0 Å². The average molecular weight is 425 g/mol. The molecule has 0 aliphatic heterocycles. The number of carbonyl (C=O) groups excluding carboxylic acids is 1. The Labute approximate surface area is 173 Å². The molecule has 0 unspecified atom stereocenters. The van der Waals surface area contributed by atoms with Crippen LogP contribution in [0.15, 0.2) is 48.5 Å². The summed E-state index contributed by atoms with van der Waals surface area (Å²) in [5.74, 6) is 0.0274. The van der Waals surface area contributed by atoms with E-state index in [0.29, 0.717) is 5.92 Å². The minimum Gasteiger partial charge on any atom is -0.324 e. The number of alkyl halides is 3. The van der Waals surface area contributed by atoms with Gasteiger partial charge < -0.3 is 5.32 Å². The summed E-state index contributed by atoms with van der Waals surface area (Å²) in [6, 6.07) is 12.1. The quantitative estimate of drug-likeness (QED) is 0.599. The topological polar surface area (TPSA) is 41.1 Å². The van der Waals surface area contributed by atoms with Gasteiger partial charge in [-0.2, -0.15) is 13.2 Å². The zero-order valence-electron chi connectivity index (χ0n) is 16.1. The van der Waals surface area contributed by atoms with Crippen molar-refractivity contribution < 1.29 is 18.0 Å². The average Bonchev–Trinajstić information content (AvgIpc) is 2.68. The van der Waals surface area contributed by atoms with Crippen LogP contribution in [0.3, 0.4) is 0 Å². The number of hydrogen-bond acceptors (Lipinski definition) is 2. The fraction of sp³-hybridized carbons (Fsp3) is 0.409. The van der Waals surface area contributed by atoms with E-state index < -0.39 is 28.7 Å². The normalized spacial score (nSPS) is 20.9. The smallest absolute Gasteiger partial charge is 0.324 e. The molecule has 1 amide bonds. The maximum absolute atomic E-state index is 13.1. The molecule has 7 heteroatoms. The molecule has 3 nitrogen and oxygen atoms in total. The highest BCUT2D eigenvalue weighted by molar-refractivity contribution is 6.31. The summed E-state index contributed by atoms with van der Waals surface area (Å²) in [5.41, 5.74) is -0.138. The fourth-order valence-electron chi connectivity index (χ4n) is 3.78. The van der Waals surface area contributed by atoms with E-state index in [0.717, 1.165) is 37.0 Å². The van der Waals surface area contributed by atoms with Gasteiger partial charge in [-0.15, -0.1) is 0 Å². The highest BCUT2D eigenvalue weighted by Crippen LogP contribution is 2.36. The Kier molecular flexibility index (Phi) is 6.85. The highest BCUT2D eigenvalue weighted by atomic mass is 35.5. The first-order valence-corrected chi connectivity index (χ1v) is 10.1. The predicted molar refractivity (Wildman–Crippen MR) is 109 cm³/mol. The van der Waals surface area contributed by atoms with Gasteiger partial charge in [-0.05, 0) is 42.5 Å². The van der Waals surface area contributed by atoms with Crippen molar-refractivity contribution >= 4 is 23.2 Å². The third-order valence-electron chi connectivity index (χ3n) is 5.43. The number of hydrogen-bond donors (Lipinski definition) is 2. The lowest BCUT2D eigenvalue weighted by atomic mass is 9.85. The van der Waals surface area contributed by atoms with Crippen LogP contribution in [-0.4, -0.2) is 11.9 Å². The van der Waals surface area contributed by atoms with E-state index in [9.17, 15) is 18.0 Å². The molecule has 0 radical (unpaired) electrons. The molecule has 2 N–H and O–H groups in total. The third kappa shape index (κ3) is 5.52. The van der Waals surface area contributed by atoms with Crippen molar-refractivity contribution in [2.45, 2.75) is 50.9 Å². The molecule has 0 bridgehead atoms. The molecule has 1 aliphatic carbocycles. The maximum Gasteiger partial charge on any atom is 0.417 e. The van der Waals surface area contributed by atoms with Crippen LogP contribution in [0.4, 0.5) is 18.9 Å². The zero-order valence-corrected chi connectivity index (χ0v) is 16.9. The SMILES string of the molecule is C[C@@H]1CCCC[C@H]1N[C@@H](C(=O)Nc1ccc(Cl)c(C(F)(F)F)c1)c1ccccc1. The van der Waals surface area contributed by atoms with Gasteiger partial charge in [-0.3, -0.25) is 10.1 Å². The molecule has 0 saturated heterocycles. The number of carbonyl (C=O) groups is 1. The number of benzene rings is 2. The zero-order chi connectivity index (χ0) is 21.0. The predicted octanol–water partition coefficient (Wildman–Crippen LogP) is 6.21. The van der Waals surface area contributed by atoms with Crippen molar-refractivity contribution in [3.63, 3.8) is 0 Å². The number of nitrogens with one attached hydrogen (secondary N) is 2. The van der Waals surface area contributed by atoms with Crippen LogP contribution in [0.1, 0.15) is 49.8 Å². The molecule has 1 aliphatic rings. The van der Waals surface area contributed by atoms with Gasteiger partial charge in [0.25, 0.3) is 0 Å². The van der Waals surface area contributed by atoms with Crippen LogP contribution in [0.2, 0.25) is 5.02 Å². The van der Waals surface area contributed by atoms with Gasteiger partial charge >= 0.3 is 6.18 Å². The van der Waals surface area contributed by atoms with Gasteiger partial charge in [0.05, 0.1) is 10.6 Å². The van der Waals surface area contributed by atoms with Crippen molar-refractivity contribution in [1.29, 1.82) is 0 Å². The van der Waals surface area contributed by atoms with Gasteiger partial charge in [0, 0.05) is 11.7 Å². The molecule has 0 aromatic heterocycles. The summed E-state index contributed by atoms with van der Waals surface area (Å²) >= 11 is 5.68. The molecule has 2 aromatic rings. The van der Waals surface area contributed by atoms with Crippen LogP contribution in [0.5, 0.6) is 0 Å². The van der Waals surface area contributed by atoms with Gasteiger partial charge in [-0.1, -0.05) is 61.7 Å². The van der Waals surface area contributed by atoms with Gasteiger partial charge in [-0.25, -0.2) is 0 Å². The van der Waals surface area contributed by atoms with Crippen molar-refractivity contribution in [2.24, 2.45) is 5.92 Å². The Morgan fingerprint density at radius 3 is 2.45 bits per heavy atom. The van der Waals surface area contributed by atoms with E-state index in [1.54, 1.807) is 0 Å². The Morgan fingerprint density at radius 1 is 1.10 bits per heavy atom. The summed E-state index contributed by atoms with van der Waals surface area (Å²) in [5, 5.41) is 5.66. The second kappa shape index (κ2) is 9.18. The Balaban J connectivity index is 1.83. The van der Waals surface area contributed by atoms with E-state index in [-0.39, 0.29) is 11.7 Å². The Morgan fingerprint density at radius 2 is 1.79 bits per heavy atom. The second-order valence-electron chi connectivity index (χ2n) is 7.56. The summed E-state index contributed by atoms with van der Waals surface area (Å²) < 4.78 is 39.4. The standard InChI is InChI=1S/C22H24ClF3N2O/c1-14-7-5-6-10-19(14)28-20(15-8-3-2-4-9-15)21(29)27-16-11-12-18(23)17(13-16)22(24,25)26/h2-4,8-9,11-14,19-20,28H,5-7,10H2,1H3,(H,27,29)/t14-,19-,20-/m1/s1. The first-order valence-electron chi connectivity index (χ1n) is 9.74. The Hall–Kier alpha value is -2.05. The van der Waals surface area contributed by atoms with E-state index >= 15 is 0 Å². The monoisotopic (exact) mass is 424 g/mol. The van der Waals surface area contributed by atoms with Crippen LogP contribution >= 0.6 is 11.6 Å². The fourth-order valence-corrected chi connectivity index (χ4v) is 4.01. The maximum atomic E-state index is 13.1. The van der Waals surface area contributed by atoms with Crippen molar-refractivity contribution in [1.82, 2.24) is 5.32 Å². The van der Waals surface area contributed by atoms with Gasteiger partial charge in [0.2, 0.25) is 5.91 Å². The van der Waals surface area contributed by atoms with Crippen molar-refractivity contribution in [3.8, 4) is 0 Å². The third-order valence-corrected chi connectivity index (χ3v) is 5.76. The molecule has 3 rings (SSSR count). The van der Waals surface area contributed by atoms with Gasteiger partial charge in [0.15, 0.2) is 0 Å². The highest BCUT2D eigenvalue weighted by Gasteiger charge is 2.34. The second-order valence-corrected chi connectivity index (χ2v) is 7.97. The lowest BCUT2D eigenvalue weighted by Crippen LogP contribution is -2.44. The molecule has 1 saturated carbocycles. The molecule has 29 heavy (non-hydrogen) atoms. The minimum absolute atomic E-state index is 0.0612. The molecule has 0 spiro atoms. The molecular formula is C22H24ClF3N2O. The van der Waals surface area contributed by atoms with Crippen LogP contribution < -0.4 is 10.6 Å². The molecule has 2 aromatic carbocycles. The first-order chi connectivity index (χ1) is 13.8. The Bertz CT molecular complexity index is 842. The number of anilines is 1. The van der Waals surface area contributed by atoms with Crippen LogP contribution in [0, 0.1) is 5.92 Å². The summed E-state index contributed by atoms with van der Waals surface area (Å²) in [7, 11) is 0. The first kappa shape index (κ1) is 21.7. The largest absolute Gasteiger partial charge is 0.417 e. The van der Waals surface area contributed by atoms with Crippen molar-refractivity contribution in [3.05, 3.63) is 64.7 Å². The number of rotatable bonds is 5. The summed E-state index contributed by atoms with van der Waals surface area (Å²) in [4.78, 5) is 13.1. The summed E-state index contributed by atoms with van der Waals surface area (Å²) in [6.07, 6.45) is -0.264. The minimum atomic E-state index is -4.59. The van der Waals surface area contributed by atoms with E-state index in [2.05, 4.69) is 17.6 Å². The molecule has 1 fully saturated rings. The molecule has 3 atom stereocenters. The lowest BCUT2D eigenvalue weighted by molar-refractivity contribution is -0.137. The van der Waals surface area contributed by atoms with Crippen molar-refractivity contribution in [2.75, 3.05) is 5.32 Å². The van der Waals surface area contributed by atoms with E-state index in [1.165, 1.54) is 12.5 Å². The number of halogens is 4.